The molecule has 1 aromatic heterocycles. The molecule has 152 valence electrons. The summed E-state index contributed by atoms with van der Waals surface area (Å²) in [6.07, 6.45) is 0.434. The second-order valence-corrected chi connectivity index (χ2v) is 7.01. The third kappa shape index (κ3) is 3.83. The van der Waals surface area contributed by atoms with Crippen LogP contribution < -0.4 is 10.3 Å². The number of ketones is 1. The number of carbonyl (C=O) groups excluding carboxylic acids is 1. The highest BCUT2D eigenvalue weighted by molar-refractivity contribution is 6.12. The maximum Gasteiger partial charge on any atom is 0.271 e. The van der Waals surface area contributed by atoms with E-state index in [9.17, 15) is 20.0 Å². The highest BCUT2D eigenvalue weighted by atomic mass is 16.5. The summed E-state index contributed by atoms with van der Waals surface area (Å²) in [5.41, 5.74) is 1.51. The molecule has 0 unspecified atom stereocenters. The lowest BCUT2D eigenvalue weighted by atomic mass is 9.94. The van der Waals surface area contributed by atoms with Crippen LogP contribution in [0.4, 0.5) is 0 Å². The van der Waals surface area contributed by atoms with E-state index in [0.29, 0.717) is 17.7 Å². The lowest BCUT2D eigenvalue weighted by molar-refractivity contribution is 0.103. The summed E-state index contributed by atoms with van der Waals surface area (Å²) >= 11 is 0. The van der Waals surface area contributed by atoms with Crippen molar-refractivity contribution < 1.29 is 14.6 Å². The van der Waals surface area contributed by atoms with Gasteiger partial charge in [-0.15, -0.1) is 0 Å². The van der Waals surface area contributed by atoms with E-state index >= 15 is 0 Å². The van der Waals surface area contributed by atoms with Gasteiger partial charge in [-0.2, -0.15) is 5.26 Å². The average Bonchev–Trinajstić information content (AvgIpc) is 2.74. The highest BCUT2D eigenvalue weighted by Gasteiger charge is 2.25. The topological polar surface area (TPSA) is 92.3 Å². The fraction of sp³-hybridized carbons (Fsp3) is 0.208. The van der Waals surface area contributed by atoms with Crippen LogP contribution in [0, 0.1) is 25.2 Å². The number of nitriles is 1. The Labute approximate surface area is 174 Å². The molecule has 0 saturated heterocycles. The van der Waals surface area contributed by atoms with Crippen LogP contribution in [0.2, 0.25) is 0 Å². The lowest BCUT2D eigenvalue weighted by Crippen LogP contribution is -2.27. The maximum absolute atomic E-state index is 13.2. The third-order valence-corrected chi connectivity index (χ3v) is 5.20. The van der Waals surface area contributed by atoms with Crippen LogP contribution in [-0.4, -0.2) is 22.6 Å². The van der Waals surface area contributed by atoms with Crippen LogP contribution in [0.15, 0.2) is 53.3 Å². The highest BCUT2D eigenvalue weighted by Crippen LogP contribution is 2.26. The molecule has 0 bridgehead atoms. The van der Waals surface area contributed by atoms with Crippen LogP contribution in [0.25, 0.3) is 0 Å². The van der Waals surface area contributed by atoms with Crippen LogP contribution in [-0.2, 0) is 13.0 Å². The summed E-state index contributed by atoms with van der Waals surface area (Å²) in [6, 6.07) is 16.2. The van der Waals surface area contributed by atoms with Gasteiger partial charge in [0.15, 0.2) is 5.78 Å². The number of ether oxygens (including phenoxy) is 1. The zero-order chi connectivity index (χ0) is 21.8. The van der Waals surface area contributed by atoms with Crippen molar-refractivity contribution in [3.8, 4) is 17.7 Å². The quantitative estimate of drug-likeness (QED) is 0.637. The normalized spacial score (nSPS) is 10.5. The predicted octanol–water partition coefficient (Wildman–Crippen LogP) is 3.52. The zero-order valence-corrected chi connectivity index (χ0v) is 17.1. The van der Waals surface area contributed by atoms with Crippen molar-refractivity contribution in [2.45, 2.75) is 26.8 Å². The number of aromatic nitrogens is 1. The van der Waals surface area contributed by atoms with Gasteiger partial charge in [0, 0.05) is 12.1 Å². The number of hydrogen-bond acceptors (Lipinski definition) is 5. The van der Waals surface area contributed by atoms with Gasteiger partial charge in [0.1, 0.15) is 17.4 Å². The first-order valence-corrected chi connectivity index (χ1v) is 9.48. The Hall–Kier alpha value is -3.85. The van der Waals surface area contributed by atoms with Gasteiger partial charge in [-0.3, -0.25) is 14.2 Å². The summed E-state index contributed by atoms with van der Waals surface area (Å²) in [6.45, 7) is 3.43. The average molecular weight is 402 g/mol. The van der Waals surface area contributed by atoms with E-state index in [1.165, 1.54) is 6.92 Å². The molecule has 0 spiro atoms. The summed E-state index contributed by atoms with van der Waals surface area (Å²) < 4.78 is 6.24. The van der Waals surface area contributed by atoms with Gasteiger partial charge < -0.3 is 9.84 Å². The number of aryl methyl sites for hydroxylation is 2. The van der Waals surface area contributed by atoms with Gasteiger partial charge in [-0.05, 0) is 49.1 Å². The summed E-state index contributed by atoms with van der Waals surface area (Å²) in [5.74, 6) is -0.122. The van der Waals surface area contributed by atoms with Crippen molar-refractivity contribution in [3.63, 3.8) is 0 Å². The first-order chi connectivity index (χ1) is 14.4. The molecular weight excluding hydrogens is 380 g/mol. The Balaban J connectivity index is 2.06. The molecule has 0 saturated carbocycles. The predicted molar refractivity (Wildman–Crippen MR) is 113 cm³/mol. The van der Waals surface area contributed by atoms with E-state index in [0.717, 1.165) is 15.7 Å². The molecule has 2 aromatic carbocycles. The standard InChI is InChI=1S/C24H22N2O4/c1-15-6-4-5-7-19(15)22(27)21-16(2)20(14-25)23(28)26(24(21)29)13-12-17-8-10-18(30-3)11-9-17/h4-11,29H,12-13H2,1-3H3. The Morgan fingerprint density at radius 2 is 1.80 bits per heavy atom. The number of benzene rings is 2. The smallest absolute Gasteiger partial charge is 0.271 e. The van der Waals surface area contributed by atoms with E-state index in [4.69, 9.17) is 4.74 Å². The number of hydrogen-bond donors (Lipinski definition) is 1. The first kappa shape index (κ1) is 20.9. The molecular formula is C24H22N2O4. The molecule has 3 rings (SSSR count). The van der Waals surface area contributed by atoms with Crippen LogP contribution in [0.3, 0.4) is 0 Å². The monoisotopic (exact) mass is 402 g/mol. The molecule has 0 aliphatic carbocycles. The number of pyridine rings is 1. The van der Waals surface area contributed by atoms with Crippen LogP contribution >= 0.6 is 0 Å². The van der Waals surface area contributed by atoms with Crippen LogP contribution in [0.5, 0.6) is 11.6 Å². The second-order valence-electron chi connectivity index (χ2n) is 7.01. The molecule has 1 heterocycles. The lowest BCUT2D eigenvalue weighted by Gasteiger charge is -2.16. The van der Waals surface area contributed by atoms with Crippen molar-refractivity contribution in [2.75, 3.05) is 7.11 Å². The fourth-order valence-electron chi connectivity index (χ4n) is 3.43. The Bertz CT molecular complexity index is 1200. The van der Waals surface area contributed by atoms with Gasteiger partial charge in [0.05, 0.1) is 12.7 Å². The zero-order valence-electron chi connectivity index (χ0n) is 17.1. The Morgan fingerprint density at radius 1 is 1.13 bits per heavy atom. The molecule has 0 amide bonds. The molecule has 0 aliphatic rings. The van der Waals surface area contributed by atoms with Gasteiger partial charge in [0.2, 0.25) is 5.88 Å². The van der Waals surface area contributed by atoms with E-state index in [-0.39, 0.29) is 23.2 Å². The van der Waals surface area contributed by atoms with Crippen molar-refractivity contribution >= 4 is 5.78 Å². The molecule has 1 N–H and O–H groups in total. The molecule has 0 fully saturated rings. The number of nitrogens with zero attached hydrogens (tertiary/aromatic N) is 2. The number of carbonyl (C=O) groups is 1. The van der Waals surface area contributed by atoms with Gasteiger partial charge >= 0.3 is 0 Å². The number of aromatic hydroxyl groups is 1. The minimum Gasteiger partial charge on any atom is -0.497 e. The van der Waals surface area contributed by atoms with Crippen molar-refractivity contribution in [2.24, 2.45) is 0 Å². The molecule has 6 nitrogen and oxygen atoms in total. The Kier molecular flexibility index (Phi) is 6.03. The van der Waals surface area contributed by atoms with E-state index in [1.807, 2.05) is 24.3 Å². The fourth-order valence-corrected chi connectivity index (χ4v) is 3.43. The molecule has 0 atom stereocenters. The van der Waals surface area contributed by atoms with E-state index in [1.54, 1.807) is 44.4 Å². The number of rotatable bonds is 6. The van der Waals surface area contributed by atoms with Crippen LogP contribution in [0.1, 0.15) is 38.2 Å². The third-order valence-electron chi connectivity index (χ3n) is 5.20. The largest absolute Gasteiger partial charge is 0.497 e. The number of methoxy groups -OCH3 is 1. The summed E-state index contributed by atoms with van der Waals surface area (Å²) in [7, 11) is 1.58. The minimum absolute atomic E-state index is 0.0184. The minimum atomic E-state index is -0.609. The van der Waals surface area contributed by atoms with Gasteiger partial charge in [-0.25, -0.2) is 0 Å². The van der Waals surface area contributed by atoms with E-state index in [2.05, 4.69) is 0 Å². The van der Waals surface area contributed by atoms with Crippen molar-refractivity contribution in [3.05, 3.63) is 92.3 Å². The van der Waals surface area contributed by atoms with Gasteiger partial charge in [0.25, 0.3) is 5.56 Å². The SMILES string of the molecule is COc1ccc(CCn2c(O)c(C(=O)c3ccccc3C)c(C)c(C#N)c2=O)cc1. The molecule has 0 aliphatic heterocycles. The molecule has 30 heavy (non-hydrogen) atoms. The molecule has 0 radical (unpaired) electrons. The molecule has 6 heteroatoms. The van der Waals surface area contributed by atoms with Gasteiger partial charge in [-0.1, -0.05) is 36.4 Å². The van der Waals surface area contributed by atoms with E-state index < -0.39 is 17.2 Å². The second kappa shape index (κ2) is 8.66. The first-order valence-electron chi connectivity index (χ1n) is 9.48. The summed E-state index contributed by atoms with van der Waals surface area (Å²) in [4.78, 5) is 26.0. The van der Waals surface area contributed by atoms with Crippen molar-refractivity contribution in [1.29, 1.82) is 5.26 Å². The summed E-state index contributed by atoms with van der Waals surface area (Å²) in [5, 5.41) is 20.4. The Morgan fingerprint density at radius 3 is 2.40 bits per heavy atom. The maximum atomic E-state index is 13.2. The van der Waals surface area contributed by atoms with Crippen molar-refractivity contribution in [1.82, 2.24) is 4.57 Å². The molecule has 3 aromatic rings.